The minimum Gasteiger partial charge on any atom is -0.458 e. The highest BCUT2D eigenvalue weighted by Gasteiger charge is 2.24. The van der Waals surface area contributed by atoms with Gasteiger partial charge in [-0.15, -0.1) is 0 Å². The SMILES string of the molecule is CC(C)(C)OC(=O)COC[C@H]1CC[C@H](Cn2nc(-c3ccccc3)c(-c3cccc(F)c3)nc2=O)CC1. The lowest BCUT2D eigenvalue weighted by molar-refractivity contribution is -0.160. The van der Waals surface area contributed by atoms with Crippen LogP contribution in [0.2, 0.25) is 0 Å². The van der Waals surface area contributed by atoms with E-state index in [1.54, 1.807) is 12.1 Å². The van der Waals surface area contributed by atoms with E-state index in [-0.39, 0.29) is 18.5 Å². The fourth-order valence-electron chi connectivity index (χ4n) is 4.67. The zero-order valence-electron chi connectivity index (χ0n) is 21.7. The highest BCUT2D eigenvalue weighted by Crippen LogP contribution is 2.31. The molecule has 3 aromatic rings. The van der Waals surface area contributed by atoms with Crippen molar-refractivity contribution in [3.8, 4) is 22.5 Å². The summed E-state index contributed by atoms with van der Waals surface area (Å²) in [5.41, 5.74) is 1.29. The maximum Gasteiger partial charge on any atom is 0.364 e. The number of rotatable bonds is 8. The summed E-state index contributed by atoms with van der Waals surface area (Å²) in [6.45, 7) is 6.45. The maximum absolute atomic E-state index is 13.9. The van der Waals surface area contributed by atoms with Gasteiger partial charge in [0.05, 0.1) is 6.61 Å². The second-order valence-electron chi connectivity index (χ2n) is 10.6. The van der Waals surface area contributed by atoms with Crippen LogP contribution in [-0.2, 0) is 20.8 Å². The first-order chi connectivity index (χ1) is 17.7. The summed E-state index contributed by atoms with van der Waals surface area (Å²) in [6, 6.07) is 15.6. The molecule has 0 bridgehead atoms. The molecule has 1 aliphatic carbocycles. The molecule has 2 aromatic carbocycles. The largest absolute Gasteiger partial charge is 0.458 e. The van der Waals surface area contributed by atoms with Crippen LogP contribution in [-0.4, -0.2) is 39.5 Å². The van der Waals surface area contributed by atoms with Crippen molar-refractivity contribution in [2.75, 3.05) is 13.2 Å². The van der Waals surface area contributed by atoms with Crippen LogP contribution >= 0.6 is 0 Å². The molecular formula is C29H34FN3O4. The van der Waals surface area contributed by atoms with Gasteiger partial charge in [-0.25, -0.2) is 18.7 Å². The molecule has 0 unspecified atom stereocenters. The van der Waals surface area contributed by atoms with Gasteiger partial charge in [0.2, 0.25) is 0 Å². The Morgan fingerprint density at radius 3 is 2.32 bits per heavy atom. The van der Waals surface area contributed by atoms with E-state index >= 15 is 0 Å². The van der Waals surface area contributed by atoms with E-state index in [0.717, 1.165) is 31.2 Å². The van der Waals surface area contributed by atoms with E-state index in [2.05, 4.69) is 4.98 Å². The standard InChI is InChI=1S/C29H34FN3O4/c1-29(2,3)37-25(34)19-36-18-21-14-12-20(13-15-21)17-33-28(35)31-26(23-10-7-11-24(30)16-23)27(32-33)22-8-5-4-6-9-22/h4-11,16,20-21H,12-15,17-19H2,1-3H3/t20-,21-. The van der Waals surface area contributed by atoms with E-state index < -0.39 is 17.1 Å². The highest BCUT2D eigenvalue weighted by molar-refractivity contribution is 5.77. The Bertz CT molecular complexity index is 1260. The van der Waals surface area contributed by atoms with Crippen LogP contribution in [0.3, 0.4) is 0 Å². The number of carbonyl (C=O) groups is 1. The zero-order valence-corrected chi connectivity index (χ0v) is 21.7. The lowest BCUT2D eigenvalue weighted by atomic mass is 9.82. The topological polar surface area (TPSA) is 83.3 Å². The Balaban J connectivity index is 1.41. The number of ether oxygens (including phenoxy) is 2. The molecule has 1 saturated carbocycles. The summed E-state index contributed by atoms with van der Waals surface area (Å²) in [7, 11) is 0. The number of esters is 1. The number of hydrogen-bond donors (Lipinski definition) is 0. The molecule has 1 aromatic heterocycles. The van der Waals surface area contributed by atoms with Gasteiger partial charge in [0, 0.05) is 17.7 Å². The van der Waals surface area contributed by atoms with Gasteiger partial charge in [0.15, 0.2) is 0 Å². The van der Waals surface area contributed by atoms with Crippen LogP contribution in [0.4, 0.5) is 4.39 Å². The predicted octanol–water partition coefficient (Wildman–Crippen LogP) is 5.28. The third kappa shape index (κ3) is 7.55. The molecule has 0 amide bonds. The van der Waals surface area contributed by atoms with Crippen molar-refractivity contribution in [1.82, 2.24) is 14.8 Å². The molecule has 7 nitrogen and oxygen atoms in total. The first-order valence-electron chi connectivity index (χ1n) is 12.8. The molecule has 0 aliphatic heterocycles. The van der Waals surface area contributed by atoms with Gasteiger partial charge >= 0.3 is 11.7 Å². The predicted molar refractivity (Wildman–Crippen MR) is 139 cm³/mol. The average molecular weight is 508 g/mol. The summed E-state index contributed by atoms with van der Waals surface area (Å²) in [5, 5.41) is 4.70. The van der Waals surface area contributed by atoms with Crippen molar-refractivity contribution in [3.05, 3.63) is 70.9 Å². The molecule has 1 aliphatic rings. The van der Waals surface area contributed by atoms with Crippen LogP contribution in [0.15, 0.2) is 59.4 Å². The highest BCUT2D eigenvalue weighted by atomic mass is 19.1. The van der Waals surface area contributed by atoms with Crippen molar-refractivity contribution in [2.45, 2.75) is 58.6 Å². The van der Waals surface area contributed by atoms with Gasteiger partial charge in [-0.3, -0.25) is 0 Å². The van der Waals surface area contributed by atoms with Gasteiger partial charge in [-0.05, 0) is 70.4 Å². The van der Waals surface area contributed by atoms with Crippen molar-refractivity contribution >= 4 is 5.97 Å². The first-order valence-corrected chi connectivity index (χ1v) is 12.8. The monoisotopic (exact) mass is 507 g/mol. The number of benzene rings is 2. The second kappa shape index (κ2) is 11.8. The molecule has 37 heavy (non-hydrogen) atoms. The third-order valence-corrected chi connectivity index (χ3v) is 6.41. The Morgan fingerprint density at radius 2 is 1.65 bits per heavy atom. The van der Waals surface area contributed by atoms with E-state index in [1.807, 2.05) is 51.1 Å². The minimum atomic E-state index is -0.519. The minimum absolute atomic E-state index is 0.0396. The van der Waals surface area contributed by atoms with Crippen molar-refractivity contribution in [3.63, 3.8) is 0 Å². The third-order valence-electron chi connectivity index (χ3n) is 6.41. The quantitative estimate of drug-likeness (QED) is 0.386. The van der Waals surface area contributed by atoms with E-state index in [4.69, 9.17) is 14.6 Å². The van der Waals surface area contributed by atoms with Crippen LogP contribution in [0.1, 0.15) is 46.5 Å². The molecule has 0 spiro atoms. The van der Waals surface area contributed by atoms with E-state index in [9.17, 15) is 14.0 Å². The Morgan fingerprint density at radius 1 is 0.973 bits per heavy atom. The molecule has 0 saturated heterocycles. The summed E-state index contributed by atoms with van der Waals surface area (Å²) in [4.78, 5) is 29.1. The van der Waals surface area contributed by atoms with Gasteiger partial charge in [-0.2, -0.15) is 10.1 Å². The van der Waals surface area contributed by atoms with Gasteiger partial charge in [-0.1, -0.05) is 42.5 Å². The lowest BCUT2D eigenvalue weighted by Gasteiger charge is -2.28. The fourth-order valence-corrected chi connectivity index (χ4v) is 4.67. The molecular weight excluding hydrogens is 473 g/mol. The van der Waals surface area contributed by atoms with Crippen molar-refractivity contribution < 1.29 is 18.7 Å². The fraction of sp³-hybridized carbons (Fsp3) is 0.448. The molecule has 4 rings (SSSR count). The number of carbonyl (C=O) groups excluding carboxylic acids is 1. The van der Waals surface area contributed by atoms with Gasteiger partial charge in [0.1, 0.15) is 29.4 Å². The molecule has 1 fully saturated rings. The summed E-state index contributed by atoms with van der Waals surface area (Å²) < 4.78 is 26.2. The van der Waals surface area contributed by atoms with Crippen molar-refractivity contribution in [1.29, 1.82) is 0 Å². The van der Waals surface area contributed by atoms with Crippen LogP contribution in [0.25, 0.3) is 22.5 Å². The summed E-state index contributed by atoms with van der Waals surface area (Å²) >= 11 is 0. The normalized spacial score (nSPS) is 17.9. The molecule has 0 radical (unpaired) electrons. The Hall–Kier alpha value is -3.39. The number of nitrogens with zero attached hydrogens (tertiary/aromatic N) is 3. The van der Waals surface area contributed by atoms with Crippen molar-refractivity contribution in [2.24, 2.45) is 11.8 Å². The molecule has 0 atom stereocenters. The molecule has 0 N–H and O–H groups in total. The van der Waals surface area contributed by atoms with Gasteiger partial charge in [0.25, 0.3) is 0 Å². The van der Waals surface area contributed by atoms with Crippen LogP contribution in [0, 0.1) is 17.7 Å². The molecule has 196 valence electrons. The van der Waals surface area contributed by atoms with E-state index in [1.165, 1.54) is 16.8 Å². The summed E-state index contributed by atoms with van der Waals surface area (Å²) in [6.07, 6.45) is 3.77. The summed E-state index contributed by atoms with van der Waals surface area (Å²) in [5.74, 6) is -0.0844. The molecule has 8 heteroatoms. The number of halogens is 1. The first kappa shape index (κ1) is 26.7. The Kier molecular flexibility index (Phi) is 8.48. The number of hydrogen-bond acceptors (Lipinski definition) is 6. The smallest absolute Gasteiger partial charge is 0.364 e. The van der Waals surface area contributed by atoms with Gasteiger partial charge < -0.3 is 9.47 Å². The van der Waals surface area contributed by atoms with Crippen LogP contribution in [0.5, 0.6) is 0 Å². The lowest BCUT2D eigenvalue weighted by Crippen LogP contribution is -2.32. The zero-order chi connectivity index (χ0) is 26.4. The molecule has 1 heterocycles. The maximum atomic E-state index is 13.9. The average Bonchev–Trinajstić information content (AvgIpc) is 2.85. The Labute approximate surface area is 216 Å². The second-order valence-corrected chi connectivity index (χ2v) is 10.6. The van der Waals surface area contributed by atoms with Crippen LogP contribution < -0.4 is 5.69 Å². The number of aromatic nitrogens is 3. The van der Waals surface area contributed by atoms with E-state index in [0.29, 0.717) is 36.0 Å².